The molecule has 0 aliphatic heterocycles. The first-order valence-electron chi connectivity index (χ1n) is 5.69. The summed E-state index contributed by atoms with van der Waals surface area (Å²) in [5.41, 5.74) is 2.81. The van der Waals surface area contributed by atoms with Crippen molar-refractivity contribution in [1.82, 2.24) is 5.32 Å². The van der Waals surface area contributed by atoms with Gasteiger partial charge in [0.25, 0.3) is 0 Å². The van der Waals surface area contributed by atoms with Gasteiger partial charge in [0.2, 0.25) is 0 Å². The van der Waals surface area contributed by atoms with Gasteiger partial charge in [0.1, 0.15) is 0 Å². The number of carbonyl (C=O) groups excluding carboxylic acids is 1. The van der Waals surface area contributed by atoms with E-state index < -0.39 is 0 Å². The van der Waals surface area contributed by atoms with Crippen molar-refractivity contribution in [1.29, 1.82) is 0 Å². The van der Waals surface area contributed by atoms with Crippen molar-refractivity contribution in [2.24, 2.45) is 0 Å². The molecule has 0 spiro atoms. The molecule has 3 nitrogen and oxygen atoms in total. The minimum Gasteiger partial charge on any atom is -0.465 e. The molecule has 1 aromatic carbocycles. The summed E-state index contributed by atoms with van der Waals surface area (Å²) in [6.45, 7) is 2.96. The van der Waals surface area contributed by atoms with Crippen molar-refractivity contribution in [3.8, 4) is 0 Å². The van der Waals surface area contributed by atoms with Gasteiger partial charge < -0.3 is 10.1 Å². The Hall–Kier alpha value is -1.61. The van der Waals surface area contributed by atoms with Gasteiger partial charge >= 0.3 is 5.97 Å². The van der Waals surface area contributed by atoms with E-state index in [0.717, 1.165) is 24.1 Å². The summed E-state index contributed by atoms with van der Waals surface area (Å²) >= 11 is 0. The van der Waals surface area contributed by atoms with E-state index in [0.29, 0.717) is 5.56 Å². The monoisotopic (exact) mass is 233 g/mol. The van der Waals surface area contributed by atoms with Gasteiger partial charge in [-0.3, -0.25) is 0 Å². The molecule has 3 heteroatoms. The lowest BCUT2D eigenvalue weighted by Crippen LogP contribution is -2.05. The van der Waals surface area contributed by atoms with Crippen LogP contribution < -0.4 is 5.32 Å². The van der Waals surface area contributed by atoms with Crippen LogP contribution in [0.3, 0.4) is 0 Å². The van der Waals surface area contributed by atoms with E-state index in [9.17, 15) is 4.79 Å². The molecule has 1 aromatic rings. The number of hydrogen-bond acceptors (Lipinski definition) is 3. The number of esters is 1. The topological polar surface area (TPSA) is 38.3 Å². The zero-order valence-electron chi connectivity index (χ0n) is 10.6. The van der Waals surface area contributed by atoms with E-state index in [1.165, 1.54) is 7.11 Å². The second-order valence-electron chi connectivity index (χ2n) is 3.86. The van der Waals surface area contributed by atoms with E-state index in [4.69, 9.17) is 0 Å². The van der Waals surface area contributed by atoms with Gasteiger partial charge in [-0.1, -0.05) is 18.2 Å². The summed E-state index contributed by atoms with van der Waals surface area (Å²) in [6, 6.07) is 5.58. The van der Waals surface area contributed by atoms with Crippen LogP contribution in [0.2, 0.25) is 0 Å². The molecule has 0 saturated heterocycles. The molecule has 0 unspecified atom stereocenters. The molecule has 1 N–H and O–H groups in total. The highest BCUT2D eigenvalue weighted by Gasteiger charge is 2.05. The number of rotatable bonds is 5. The lowest BCUT2D eigenvalue weighted by Gasteiger charge is -2.04. The molecule has 0 aliphatic rings. The number of benzene rings is 1. The fourth-order valence-electron chi connectivity index (χ4n) is 1.55. The zero-order chi connectivity index (χ0) is 12.7. The van der Waals surface area contributed by atoms with E-state index >= 15 is 0 Å². The number of carbonyl (C=O) groups is 1. The maximum absolute atomic E-state index is 11.3. The van der Waals surface area contributed by atoms with Crippen LogP contribution in [-0.2, 0) is 4.74 Å². The number of nitrogens with one attached hydrogen (secondary N) is 1. The second kappa shape index (κ2) is 6.86. The molecule has 0 saturated carbocycles. The first kappa shape index (κ1) is 13.5. The molecule has 0 fully saturated rings. The van der Waals surface area contributed by atoms with Crippen molar-refractivity contribution in [3.05, 3.63) is 41.0 Å². The van der Waals surface area contributed by atoms with E-state index in [2.05, 4.69) is 22.2 Å². The highest BCUT2D eigenvalue weighted by Crippen LogP contribution is 2.13. The third-order valence-electron chi connectivity index (χ3n) is 2.55. The maximum atomic E-state index is 11.3. The summed E-state index contributed by atoms with van der Waals surface area (Å²) in [6.07, 6.45) is 5.19. The molecule has 17 heavy (non-hydrogen) atoms. The average Bonchev–Trinajstić information content (AvgIpc) is 2.35. The van der Waals surface area contributed by atoms with E-state index in [-0.39, 0.29) is 5.97 Å². The van der Waals surface area contributed by atoms with Gasteiger partial charge in [0.05, 0.1) is 12.7 Å². The summed E-state index contributed by atoms with van der Waals surface area (Å²) in [4.78, 5) is 11.3. The largest absolute Gasteiger partial charge is 0.465 e. The smallest absolute Gasteiger partial charge is 0.337 e. The summed E-state index contributed by atoms with van der Waals surface area (Å²) < 4.78 is 4.68. The maximum Gasteiger partial charge on any atom is 0.337 e. The van der Waals surface area contributed by atoms with Gasteiger partial charge in [0, 0.05) is 0 Å². The molecule has 0 atom stereocenters. The van der Waals surface area contributed by atoms with Crippen LogP contribution in [0.4, 0.5) is 0 Å². The molecular formula is C14H19NO2. The van der Waals surface area contributed by atoms with Gasteiger partial charge in [-0.05, 0) is 50.2 Å². The third kappa shape index (κ3) is 4.04. The highest BCUT2D eigenvalue weighted by atomic mass is 16.5. The molecule has 0 heterocycles. The standard InChI is InChI=1S/C14H19NO2/c1-11-10-13(14(16)17-3)8-7-12(11)6-4-5-9-15-2/h4,6-8,10,15H,5,9H2,1-3H3. The average molecular weight is 233 g/mol. The summed E-state index contributed by atoms with van der Waals surface area (Å²) in [7, 11) is 3.33. The van der Waals surface area contributed by atoms with Gasteiger partial charge in [-0.15, -0.1) is 0 Å². The predicted molar refractivity (Wildman–Crippen MR) is 70.1 cm³/mol. The predicted octanol–water partition coefficient (Wildman–Crippen LogP) is 2.40. The molecule has 0 aliphatic carbocycles. The SMILES string of the molecule is CNCCC=Cc1ccc(C(=O)OC)cc1C. The van der Waals surface area contributed by atoms with Crippen molar-refractivity contribution < 1.29 is 9.53 Å². The van der Waals surface area contributed by atoms with Crippen LogP contribution in [-0.4, -0.2) is 26.7 Å². The Bertz CT molecular complexity index is 411. The van der Waals surface area contributed by atoms with Crippen LogP contribution >= 0.6 is 0 Å². The molecule has 0 aromatic heterocycles. The van der Waals surface area contributed by atoms with E-state index in [1.807, 2.05) is 26.1 Å². The number of hydrogen-bond donors (Lipinski definition) is 1. The molecule has 92 valence electrons. The van der Waals surface area contributed by atoms with E-state index in [1.54, 1.807) is 6.07 Å². The van der Waals surface area contributed by atoms with Crippen LogP contribution in [0.5, 0.6) is 0 Å². The Kier molecular flexibility index (Phi) is 5.43. The van der Waals surface area contributed by atoms with Gasteiger partial charge in [0.15, 0.2) is 0 Å². The summed E-state index contributed by atoms with van der Waals surface area (Å²) in [5, 5.41) is 3.09. The van der Waals surface area contributed by atoms with Crippen molar-refractivity contribution >= 4 is 12.0 Å². The fourth-order valence-corrected chi connectivity index (χ4v) is 1.55. The first-order chi connectivity index (χ1) is 8.19. The fraction of sp³-hybridized carbons (Fsp3) is 0.357. The van der Waals surface area contributed by atoms with Gasteiger partial charge in [-0.2, -0.15) is 0 Å². The molecular weight excluding hydrogens is 214 g/mol. The van der Waals surface area contributed by atoms with Crippen LogP contribution in [0.1, 0.15) is 27.9 Å². The first-order valence-corrected chi connectivity index (χ1v) is 5.69. The zero-order valence-corrected chi connectivity index (χ0v) is 10.6. The third-order valence-corrected chi connectivity index (χ3v) is 2.55. The Labute approximate surface area is 102 Å². The van der Waals surface area contributed by atoms with Crippen LogP contribution in [0.15, 0.2) is 24.3 Å². The van der Waals surface area contributed by atoms with Crippen molar-refractivity contribution in [2.75, 3.05) is 20.7 Å². The molecule has 0 amide bonds. The van der Waals surface area contributed by atoms with Gasteiger partial charge in [-0.25, -0.2) is 4.79 Å². The Morgan fingerprint density at radius 2 is 2.24 bits per heavy atom. The molecule has 1 rings (SSSR count). The lowest BCUT2D eigenvalue weighted by atomic mass is 10.0. The number of aryl methyl sites for hydroxylation is 1. The summed E-state index contributed by atoms with van der Waals surface area (Å²) in [5.74, 6) is -0.293. The highest BCUT2D eigenvalue weighted by molar-refractivity contribution is 5.89. The number of ether oxygens (including phenoxy) is 1. The normalized spacial score (nSPS) is 10.8. The van der Waals surface area contributed by atoms with Crippen molar-refractivity contribution in [3.63, 3.8) is 0 Å². The minimum absolute atomic E-state index is 0.293. The second-order valence-corrected chi connectivity index (χ2v) is 3.86. The Balaban J connectivity index is 2.76. The van der Waals surface area contributed by atoms with Crippen molar-refractivity contribution in [2.45, 2.75) is 13.3 Å². The van der Waals surface area contributed by atoms with Crippen LogP contribution in [0.25, 0.3) is 6.08 Å². The minimum atomic E-state index is -0.293. The Morgan fingerprint density at radius 1 is 1.47 bits per heavy atom. The molecule has 0 radical (unpaired) electrons. The molecule has 0 bridgehead atoms. The van der Waals surface area contributed by atoms with Crippen LogP contribution in [0, 0.1) is 6.92 Å². The Morgan fingerprint density at radius 3 is 2.82 bits per heavy atom. The number of methoxy groups -OCH3 is 1. The quantitative estimate of drug-likeness (QED) is 0.627. The lowest BCUT2D eigenvalue weighted by molar-refractivity contribution is 0.0600.